The highest BCUT2D eigenvalue weighted by atomic mass is 19.1. The molecule has 0 radical (unpaired) electrons. The molecule has 2 aromatic heterocycles. The molecule has 0 atom stereocenters. The second kappa shape index (κ2) is 7.01. The summed E-state index contributed by atoms with van der Waals surface area (Å²) in [4.78, 5) is 23.1. The minimum atomic E-state index is -1.10. The highest BCUT2D eigenvalue weighted by Gasteiger charge is 2.15. The number of methoxy groups -OCH3 is 1. The Kier molecular flexibility index (Phi) is 4.60. The Morgan fingerprint density at radius 3 is 2.81 bits per heavy atom. The molecule has 0 spiro atoms. The number of hydrogen-bond acceptors (Lipinski definition) is 8. The molecule has 1 N–H and O–H groups in total. The molecule has 0 bridgehead atoms. The van der Waals surface area contributed by atoms with Crippen molar-refractivity contribution in [3.63, 3.8) is 0 Å². The van der Waals surface area contributed by atoms with E-state index in [2.05, 4.69) is 25.2 Å². The number of benzene rings is 1. The van der Waals surface area contributed by atoms with Crippen LogP contribution in [0.5, 0.6) is 11.5 Å². The average molecular weight is 360 g/mol. The third-order valence-electron chi connectivity index (χ3n) is 3.33. The smallest absolute Gasteiger partial charge is 0.299 e. The fraction of sp³-hybridized carbons (Fsp3) is 0.133. The first-order valence-electron chi connectivity index (χ1n) is 7.25. The number of hydrogen-bond donors (Lipinski definition) is 1. The summed E-state index contributed by atoms with van der Waals surface area (Å²) in [6.07, 6.45) is 4.96. The van der Waals surface area contributed by atoms with Gasteiger partial charge in [0.1, 0.15) is 5.75 Å². The molecule has 0 aliphatic heterocycles. The molecule has 0 aliphatic carbocycles. The molecule has 0 aliphatic rings. The fourth-order valence-electron chi connectivity index (χ4n) is 2.21. The second-order valence-electron chi connectivity index (χ2n) is 5.09. The molecule has 11 heteroatoms. The van der Waals surface area contributed by atoms with E-state index in [9.17, 15) is 14.5 Å². The van der Waals surface area contributed by atoms with E-state index in [1.807, 2.05) is 0 Å². The normalized spacial score (nSPS) is 10.4. The van der Waals surface area contributed by atoms with Crippen molar-refractivity contribution in [2.45, 2.75) is 0 Å². The maximum atomic E-state index is 13.8. The summed E-state index contributed by atoms with van der Waals surface area (Å²) < 4.78 is 20.5. The second-order valence-corrected chi connectivity index (χ2v) is 5.09. The van der Waals surface area contributed by atoms with Gasteiger partial charge in [0.05, 0.1) is 24.7 Å². The van der Waals surface area contributed by atoms with Crippen LogP contribution in [0.2, 0.25) is 0 Å². The van der Waals surface area contributed by atoms with Crippen molar-refractivity contribution in [3.8, 4) is 22.8 Å². The van der Waals surface area contributed by atoms with Crippen molar-refractivity contribution in [2.24, 2.45) is 7.05 Å². The van der Waals surface area contributed by atoms with E-state index in [1.54, 1.807) is 30.2 Å². The lowest BCUT2D eigenvalue weighted by atomic mass is 10.2. The van der Waals surface area contributed by atoms with Gasteiger partial charge in [-0.25, -0.2) is 14.4 Å². The maximum Gasteiger partial charge on any atom is 0.299 e. The molecule has 1 aromatic carbocycles. The number of halogens is 1. The summed E-state index contributed by atoms with van der Waals surface area (Å²) in [5.41, 5.74) is 1.59. The Bertz CT molecular complexity index is 961. The summed E-state index contributed by atoms with van der Waals surface area (Å²) in [6, 6.07) is 3.76. The van der Waals surface area contributed by atoms with Crippen molar-refractivity contribution >= 4 is 11.6 Å². The zero-order chi connectivity index (χ0) is 18.7. The first-order chi connectivity index (χ1) is 12.5. The van der Waals surface area contributed by atoms with Crippen molar-refractivity contribution in [1.29, 1.82) is 0 Å². The van der Waals surface area contributed by atoms with Gasteiger partial charge in [-0.2, -0.15) is 5.10 Å². The van der Waals surface area contributed by atoms with Crippen LogP contribution in [0.4, 0.5) is 16.0 Å². The predicted octanol–water partition coefficient (Wildman–Crippen LogP) is 2.34. The SMILES string of the molecule is COc1cc(F)c(O[N+](=O)[O-])cc1Nc1nccc(-c2cnn(C)c2)n1. The van der Waals surface area contributed by atoms with Gasteiger partial charge in [-0.15, -0.1) is 10.1 Å². The Morgan fingerprint density at radius 2 is 2.15 bits per heavy atom. The minimum absolute atomic E-state index is 0.105. The molecule has 134 valence electrons. The molecule has 0 amide bonds. The Morgan fingerprint density at radius 1 is 1.35 bits per heavy atom. The number of ether oxygens (including phenoxy) is 1. The van der Waals surface area contributed by atoms with Gasteiger partial charge < -0.3 is 10.1 Å². The molecular weight excluding hydrogens is 347 g/mol. The number of anilines is 2. The number of aromatic nitrogens is 4. The van der Waals surface area contributed by atoms with Crippen LogP contribution in [-0.2, 0) is 7.05 Å². The first-order valence-corrected chi connectivity index (χ1v) is 7.25. The fourth-order valence-corrected chi connectivity index (χ4v) is 2.21. The standard InChI is InChI=1S/C15H13FN6O4/c1-21-8-9(7-18-21)11-3-4-17-15(19-11)20-12-6-13(26-22(23)24)10(16)5-14(12)25-2/h3-8H,1-2H3,(H,17,19,20). The molecule has 0 unspecified atom stereocenters. The van der Waals surface area contributed by atoms with Crippen LogP contribution in [0.3, 0.4) is 0 Å². The average Bonchev–Trinajstić information content (AvgIpc) is 3.04. The van der Waals surface area contributed by atoms with Gasteiger partial charge >= 0.3 is 0 Å². The van der Waals surface area contributed by atoms with Crippen LogP contribution in [-0.4, -0.2) is 31.9 Å². The molecule has 0 saturated heterocycles. The summed E-state index contributed by atoms with van der Waals surface area (Å²) in [5, 5.41) is 16.3. The maximum absolute atomic E-state index is 13.8. The zero-order valence-corrected chi connectivity index (χ0v) is 13.7. The molecule has 3 rings (SSSR count). The van der Waals surface area contributed by atoms with Crippen molar-refractivity contribution in [1.82, 2.24) is 19.7 Å². The van der Waals surface area contributed by atoms with Gasteiger partial charge in [-0.05, 0) is 12.1 Å². The third kappa shape index (κ3) is 3.66. The Hall–Kier alpha value is -3.76. The highest BCUT2D eigenvalue weighted by Crippen LogP contribution is 2.33. The summed E-state index contributed by atoms with van der Waals surface area (Å²) >= 11 is 0. The topological polar surface area (TPSA) is 117 Å². The van der Waals surface area contributed by atoms with Crippen molar-refractivity contribution in [2.75, 3.05) is 12.4 Å². The largest absolute Gasteiger partial charge is 0.494 e. The van der Waals surface area contributed by atoms with E-state index < -0.39 is 16.7 Å². The number of rotatable bonds is 6. The van der Waals surface area contributed by atoms with Crippen LogP contribution in [0, 0.1) is 15.9 Å². The van der Waals surface area contributed by atoms with Gasteiger partial charge in [0, 0.05) is 31.1 Å². The van der Waals surface area contributed by atoms with Crippen LogP contribution < -0.4 is 14.9 Å². The number of nitrogens with one attached hydrogen (secondary N) is 1. The monoisotopic (exact) mass is 360 g/mol. The molecule has 0 fully saturated rings. The minimum Gasteiger partial charge on any atom is -0.494 e. The molecular formula is C15H13FN6O4. The van der Waals surface area contributed by atoms with E-state index in [1.165, 1.54) is 13.3 Å². The lowest BCUT2D eigenvalue weighted by Crippen LogP contribution is -2.07. The molecule has 2 heterocycles. The van der Waals surface area contributed by atoms with Crippen LogP contribution in [0.15, 0.2) is 36.8 Å². The van der Waals surface area contributed by atoms with Gasteiger partial charge in [0.2, 0.25) is 5.95 Å². The summed E-state index contributed by atoms with van der Waals surface area (Å²) in [6.45, 7) is 0. The lowest BCUT2D eigenvalue weighted by Gasteiger charge is -2.12. The summed E-state index contributed by atoms with van der Waals surface area (Å²) in [7, 11) is 3.12. The van der Waals surface area contributed by atoms with E-state index in [0.717, 1.165) is 17.7 Å². The van der Waals surface area contributed by atoms with E-state index in [-0.39, 0.29) is 17.4 Å². The zero-order valence-electron chi connectivity index (χ0n) is 13.7. The van der Waals surface area contributed by atoms with Gasteiger partial charge in [0.25, 0.3) is 5.09 Å². The number of nitrogens with zero attached hydrogens (tertiary/aromatic N) is 5. The van der Waals surface area contributed by atoms with E-state index in [4.69, 9.17) is 4.74 Å². The molecule has 0 saturated carbocycles. The molecule has 3 aromatic rings. The van der Waals surface area contributed by atoms with Crippen LogP contribution in [0.25, 0.3) is 11.3 Å². The van der Waals surface area contributed by atoms with E-state index >= 15 is 0 Å². The van der Waals surface area contributed by atoms with Gasteiger partial charge in [-0.3, -0.25) is 9.52 Å². The van der Waals surface area contributed by atoms with Crippen LogP contribution >= 0.6 is 0 Å². The van der Waals surface area contributed by atoms with Gasteiger partial charge in [0.15, 0.2) is 11.6 Å². The summed E-state index contributed by atoms with van der Waals surface area (Å²) in [5.74, 6) is -1.22. The Labute approximate surface area is 146 Å². The quantitative estimate of drug-likeness (QED) is 0.526. The van der Waals surface area contributed by atoms with E-state index in [0.29, 0.717) is 5.69 Å². The third-order valence-corrected chi connectivity index (χ3v) is 3.33. The molecule has 26 heavy (non-hydrogen) atoms. The lowest BCUT2D eigenvalue weighted by molar-refractivity contribution is -0.711. The van der Waals surface area contributed by atoms with Crippen molar-refractivity contribution in [3.05, 3.63) is 52.7 Å². The first kappa shape index (κ1) is 17.1. The highest BCUT2D eigenvalue weighted by molar-refractivity contribution is 5.66. The number of aryl methyl sites for hydroxylation is 1. The van der Waals surface area contributed by atoms with Gasteiger partial charge in [-0.1, -0.05) is 0 Å². The molecule has 10 nitrogen and oxygen atoms in total. The predicted molar refractivity (Wildman–Crippen MR) is 88.1 cm³/mol. The van der Waals surface area contributed by atoms with Crippen molar-refractivity contribution < 1.29 is 19.1 Å². The Balaban J connectivity index is 1.94. The van der Waals surface area contributed by atoms with Crippen LogP contribution in [0.1, 0.15) is 0 Å².